The first-order chi connectivity index (χ1) is 9.22. The molecule has 1 aromatic carbocycles. The molecule has 3 heteroatoms. The zero-order chi connectivity index (χ0) is 13.7. The molecule has 0 heterocycles. The molecule has 1 N–H and O–H groups in total. The van der Waals surface area contributed by atoms with Crippen LogP contribution in [0.25, 0.3) is 0 Å². The number of nitrogens with one attached hydrogen (secondary N) is 1. The second-order valence-corrected chi connectivity index (χ2v) is 6.31. The molecule has 0 bridgehead atoms. The summed E-state index contributed by atoms with van der Waals surface area (Å²) in [7, 11) is 0. The second-order valence-electron chi connectivity index (χ2n) is 5.53. The van der Waals surface area contributed by atoms with Crippen molar-refractivity contribution < 1.29 is 0 Å². The van der Waals surface area contributed by atoms with Crippen molar-refractivity contribution in [1.82, 2.24) is 5.32 Å². The van der Waals surface area contributed by atoms with Crippen molar-refractivity contribution in [3.8, 4) is 0 Å². The van der Waals surface area contributed by atoms with Crippen LogP contribution in [0.5, 0.6) is 0 Å². The molecule has 1 unspecified atom stereocenters. The van der Waals surface area contributed by atoms with Crippen LogP contribution < -0.4 is 5.32 Å². The van der Waals surface area contributed by atoms with Gasteiger partial charge < -0.3 is 5.32 Å². The average Bonchev–Trinajstić information content (AvgIpc) is 2.93. The third-order valence-electron chi connectivity index (χ3n) is 4.24. The second kappa shape index (κ2) is 7.52. The van der Waals surface area contributed by atoms with E-state index in [1.807, 2.05) is 12.1 Å². The molecule has 0 amide bonds. The molecular formula is C16H23Cl2N. The molecule has 2 rings (SSSR count). The summed E-state index contributed by atoms with van der Waals surface area (Å²) >= 11 is 12.4. The minimum atomic E-state index is 0.674. The normalized spacial score (nSPS) is 17.8. The van der Waals surface area contributed by atoms with E-state index >= 15 is 0 Å². The summed E-state index contributed by atoms with van der Waals surface area (Å²) in [6.45, 7) is 4.29. The molecule has 106 valence electrons. The minimum absolute atomic E-state index is 0.674. The van der Waals surface area contributed by atoms with Crippen LogP contribution in [0.15, 0.2) is 18.2 Å². The molecule has 0 spiro atoms. The van der Waals surface area contributed by atoms with Gasteiger partial charge in [0.2, 0.25) is 0 Å². The van der Waals surface area contributed by atoms with E-state index in [0.29, 0.717) is 10.9 Å². The molecule has 19 heavy (non-hydrogen) atoms. The van der Waals surface area contributed by atoms with Gasteiger partial charge >= 0.3 is 0 Å². The predicted molar refractivity (Wildman–Crippen MR) is 84.2 cm³/mol. The fraction of sp³-hybridized carbons (Fsp3) is 0.625. The Hall–Kier alpha value is -0.240. The zero-order valence-corrected chi connectivity index (χ0v) is 13.1. The highest BCUT2D eigenvalue weighted by Crippen LogP contribution is 2.35. The zero-order valence-electron chi connectivity index (χ0n) is 11.6. The third kappa shape index (κ3) is 4.11. The number of halogens is 2. The van der Waals surface area contributed by atoms with Crippen LogP contribution in [0.3, 0.4) is 0 Å². The molecule has 0 saturated heterocycles. The lowest BCUT2D eigenvalue weighted by atomic mass is 9.85. The molecule has 0 radical (unpaired) electrons. The van der Waals surface area contributed by atoms with E-state index in [4.69, 9.17) is 23.2 Å². The van der Waals surface area contributed by atoms with Gasteiger partial charge in [-0.05, 0) is 43.0 Å². The summed E-state index contributed by atoms with van der Waals surface area (Å²) in [4.78, 5) is 0. The number of benzene rings is 1. The SMILES string of the molecule is CCNCC(Cc1cccc(Cl)c1Cl)C1CCCC1. The van der Waals surface area contributed by atoms with E-state index in [9.17, 15) is 0 Å². The highest BCUT2D eigenvalue weighted by molar-refractivity contribution is 6.42. The molecule has 0 aromatic heterocycles. The van der Waals surface area contributed by atoms with Gasteiger partial charge in [-0.2, -0.15) is 0 Å². The molecule has 1 nitrogen and oxygen atoms in total. The Kier molecular flexibility index (Phi) is 6.00. The molecule has 1 atom stereocenters. The standard InChI is InChI=1S/C16H23Cl2N/c1-2-19-11-14(12-6-3-4-7-12)10-13-8-5-9-15(17)16(13)18/h5,8-9,12,14,19H,2-4,6-7,10-11H2,1H3. The van der Waals surface area contributed by atoms with Crippen molar-refractivity contribution in [2.24, 2.45) is 11.8 Å². The third-order valence-corrected chi connectivity index (χ3v) is 5.09. The fourth-order valence-corrected chi connectivity index (χ4v) is 3.55. The fourth-order valence-electron chi connectivity index (χ4n) is 3.15. The Morgan fingerprint density at radius 3 is 2.68 bits per heavy atom. The summed E-state index contributed by atoms with van der Waals surface area (Å²) in [5.74, 6) is 1.52. The Morgan fingerprint density at radius 1 is 1.26 bits per heavy atom. The minimum Gasteiger partial charge on any atom is -0.317 e. The van der Waals surface area contributed by atoms with E-state index < -0.39 is 0 Å². The van der Waals surface area contributed by atoms with Gasteiger partial charge in [-0.15, -0.1) is 0 Å². The van der Waals surface area contributed by atoms with Crippen molar-refractivity contribution in [3.05, 3.63) is 33.8 Å². The van der Waals surface area contributed by atoms with E-state index in [-0.39, 0.29) is 0 Å². The summed E-state index contributed by atoms with van der Waals surface area (Å²) < 4.78 is 0. The number of hydrogen-bond acceptors (Lipinski definition) is 1. The van der Waals surface area contributed by atoms with Crippen LogP contribution >= 0.6 is 23.2 Å². The maximum absolute atomic E-state index is 6.33. The summed E-state index contributed by atoms with van der Waals surface area (Å²) in [5, 5.41) is 4.92. The Balaban J connectivity index is 2.07. The van der Waals surface area contributed by atoms with Gasteiger partial charge in [-0.1, -0.05) is 67.9 Å². The van der Waals surface area contributed by atoms with Gasteiger partial charge in [0, 0.05) is 0 Å². The molecule has 1 saturated carbocycles. The lowest BCUT2D eigenvalue weighted by molar-refractivity contribution is 0.323. The Morgan fingerprint density at radius 2 is 2.00 bits per heavy atom. The molecule has 1 aromatic rings. The first-order valence-electron chi connectivity index (χ1n) is 7.36. The van der Waals surface area contributed by atoms with Gasteiger partial charge in [0.25, 0.3) is 0 Å². The van der Waals surface area contributed by atoms with E-state index in [0.717, 1.165) is 30.5 Å². The molecule has 1 aliphatic rings. The highest BCUT2D eigenvalue weighted by atomic mass is 35.5. The van der Waals surface area contributed by atoms with Crippen LogP contribution in [0, 0.1) is 11.8 Å². The molecule has 1 aliphatic carbocycles. The van der Waals surface area contributed by atoms with Crippen LogP contribution in [0.1, 0.15) is 38.2 Å². The monoisotopic (exact) mass is 299 g/mol. The Labute approximate surface area is 126 Å². The largest absolute Gasteiger partial charge is 0.317 e. The lowest BCUT2D eigenvalue weighted by Crippen LogP contribution is -2.29. The molecule has 0 aliphatic heterocycles. The van der Waals surface area contributed by atoms with E-state index in [1.165, 1.54) is 31.2 Å². The summed E-state index contributed by atoms with van der Waals surface area (Å²) in [6.07, 6.45) is 6.55. The smallest absolute Gasteiger partial charge is 0.0624 e. The van der Waals surface area contributed by atoms with Gasteiger partial charge in [0.1, 0.15) is 0 Å². The van der Waals surface area contributed by atoms with Crippen LogP contribution in [0.4, 0.5) is 0 Å². The first kappa shape index (κ1) is 15.2. The first-order valence-corrected chi connectivity index (χ1v) is 8.11. The maximum Gasteiger partial charge on any atom is 0.0624 e. The maximum atomic E-state index is 6.33. The summed E-state index contributed by atoms with van der Waals surface area (Å²) in [5.41, 5.74) is 1.20. The lowest BCUT2D eigenvalue weighted by Gasteiger charge is -2.24. The average molecular weight is 300 g/mol. The molecular weight excluding hydrogens is 277 g/mol. The topological polar surface area (TPSA) is 12.0 Å². The highest BCUT2D eigenvalue weighted by Gasteiger charge is 2.25. The van der Waals surface area contributed by atoms with E-state index in [1.54, 1.807) is 0 Å². The van der Waals surface area contributed by atoms with Gasteiger partial charge in [0.05, 0.1) is 10.0 Å². The predicted octanol–water partition coefficient (Wildman–Crippen LogP) is 4.95. The van der Waals surface area contributed by atoms with Crippen LogP contribution in [0.2, 0.25) is 10.0 Å². The van der Waals surface area contributed by atoms with Crippen LogP contribution in [-0.4, -0.2) is 13.1 Å². The number of hydrogen-bond donors (Lipinski definition) is 1. The van der Waals surface area contributed by atoms with Crippen LogP contribution in [-0.2, 0) is 6.42 Å². The van der Waals surface area contributed by atoms with Gasteiger partial charge in [-0.3, -0.25) is 0 Å². The molecule has 1 fully saturated rings. The van der Waals surface area contributed by atoms with Gasteiger partial charge in [-0.25, -0.2) is 0 Å². The van der Waals surface area contributed by atoms with Crippen molar-refractivity contribution >= 4 is 23.2 Å². The number of rotatable bonds is 6. The van der Waals surface area contributed by atoms with Crippen molar-refractivity contribution in [2.45, 2.75) is 39.0 Å². The van der Waals surface area contributed by atoms with E-state index in [2.05, 4.69) is 18.3 Å². The van der Waals surface area contributed by atoms with Crippen molar-refractivity contribution in [3.63, 3.8) is 0 Å². The van der Waals surface area contributed by atoms with Crippen molar-refractivity contribution in [2.75, 3.05) is 13.1 Å². The quantitative estimate of drug-likeness (QED) is 0.783. The van der Waals surface area contributed by atoms with Crippen molar-refractivity contribution in [1.29, 1.82) is 0 Å². The van der Waals surface area contributed by atoms with Gasteiger partial charge in [0.15, 0.2) is 0 Å². The Bertz CT molecular complexity index is 400. The summed E-state index contributed by atoms with van der Waals surface area (Å²) in [6, 6.07) is 5.98.